The molecule has 3 heterocycles. The Bertz CT molecular complexity index is 559. The molecule has 2 unspecified atom stereocenters. The van der Waals surface area contributed by atoms with Gasteiger partial charge in [0.05, 0.1) is 19.3 Å². The normalized spacial score (nSPS) is 24.3. The molecule has 0 N–H and O–H groups in total. The Balaban J connectivity index is 1.74. The zero-order chi connectivity index (χ0) is 17.1. The average Bonchev–Trinajstić information content (AvgIpc) is 3.11. The quantitative estimate of drug-likeness (QED) is 0.812. The van der Waals surface area contributed by atoms with Gasteiger partial charge in [0.25, 0.3) is 0 Å². The molecule has 2 atom stereocenters. The lowest BCUT2D eigenvalue weighted by atomic mass is 10.1. The zero-order valence-electron chi connectivity index (χ0n) is 14.6. The van der Waals surface area contributed by atoms with Crippen molar-refractivity contribution < 1.29 is 13.9 Å². The van der Waals surface area contributed by atoms with E-state index in [1.165, 1.54) is 0 Å². The van der Waals surface area contributed by atoms with Crippen molar-refractivity contribution in [1.82, 2.24) is 20.0 Å². The Morgan fingerprint density at radius 1 is 1.21 bits per heavy atom. The van der Waals surface area contributed by atoms with Gasteiger partial charge in [-0.1, -0.05) is 13.8 Å². The van der Waals surface area contributed by atoms with Crippen LogP contribution in [0.3, 0.4) is 0 Å². The van der Waals surface area contributed by atoms with Crippen LogP contribution in [0, 0.1) is 0 Å². The second-order valence-electron chi connectivity index (χ2n) is 6.58. The first kappa shape index (κ1) is 17.7. The van der Waals surface area contributed by atoms with Crippen molar-refractivity contribution in [2.45, 2.75) is 38.8 Å². The highest BCUT2D eigenvalue weighted by Gasteiger charge is 2.36. The number of amides is 1. The molecule has 2 fully saturated rings. The Hall–Kier alpha value is -1.12. The van der Waals surface area contributed by atoms with Crippen molar-refractivity contribution in [3.8, 4) is 0 Å². The van der Waals surface area contributed by atoms with Gasteiger partial charge in [0, 0.05) is 37.1 Å². The van der Waals surface area contributed by atoms with Crippen molar-refractivity contribution in [3.05, 3.63) is 11.8 Å². The second-order valence-corrected chi connectivity index (χ2v) is 7.80. The lowest BCUT2D eigenvalue weighted by Gasteiger charge is -2.38. The van der Waals surface area contributed by atoms with Crippen LogP contribution in [0.25, 0.3) is 0 Å². The van der Waals surface area contributed by atoms with E-state index in [4.69, 9.17) is 9.15 Å². The molecular weight excluding hydrogens is 328 g/mol. The lowest BCUT2D eigenvalue weighted by molar-refractivity contribution is -0.146. The Morgan fingerprint density at radius 3 is 2.62 bits per heavy atom. The fourth-order valence-electron chi connectivity index (χ4n) is 3.05. The molecule has 3 rings (SSSR count). The summed E-state index contributed by atoms with van der Waals surface area (Å²) in [5, 5.41) is 8.25. The molecule has 2 saturated heterocycles. The molecule has 0 spiro atoms. The SMILES string of the molecule is CC(C)c1nnc(C2COCCN2C(=O)C(C)N2CCSCC2)o1. The summed E-state index contributed by atoms with van der Waals surface area (Å²) in [5.74, 6) is 3.55. The summed E-state index contributed by atoms with van der Waals surface area (Å²) in [6, 6.07) is -0.410. The molecule has 0 aliphatic carbocycles. The number of rotatable bonds is 4. The standard InChI is InChI=1S/C16H26N4O3S/c1-11(2)14-17-18-15(23-14)13-10-22-7-4-20(13)16(21)12(3)19-5-8-24-9-6-19/h11-13H,4-10H2,1-3H3. The molecule has 2 aliphatic heterocycles. The Morgan fingerprint density at radius 2 is 1.96 bits per heavy atom. The molecule has 24 heavy (non-hydrogen) atoms. The van der Waals surface area contributed by atoms with Gasteiger partial charge in [-0.2, -0.15) is 11.8 Å². The predicted octanol–water partition coefficient (Wildman–Crippen LogP) is 1.53. The summed E-state index contributed by atoms with van der Waals surface area (Å²) >= 11 is 1.95. The largest absolute Gasteiger partial charge is 0.423 e. The summed E-state index contributed by atoms with van der Waals surface area (Å²) < 4.78 is 11.4. The van der Waals surface area contributed by atoms with Crippen molar-refractivity contribution in [1.29, 1.82) is 0 Å². The van der Waals surface area contributed by atoms with Crippen LogP contribution in [0.5, 0.6) is 0 Å². The highest BCUT2D eigenvalue weighted by molar-refractivity contribution is 7.99. The summed E-state index contributed by atoms with van der Waals surface area (Å²) in [7, 11) is 0. The van der Waals surface area contributed by atoms with E-state index < -0.39 is 0 Å². The van der Waals surface area contributed by atoms with Gasteiger partial charge >= 0.3 is 0 Å². The number of thioether (sulfide) groups is 1. The van der Waals surface area contributed by atoms with Crippen molar-refractivity contribution in [2.24, 2.45) is 0 Å². The number of carbonyl (C=O) groups excluding carboxylic acids is 1. The zero-order valence-corrected chi connectivity index (χ0v) is 15.4. The van der Waals surface area contributed by atoms with E-state index in [1.54, 1.807) is 0 Å². The number of nitrogens with zero attached hydrogens (tertiary/aromatic N) is 4. The van der Waals surface area contributed by atoms with Crippen molar-refractivity contribution >= 4 is 17.7 Å². The smallest absolute Gasteiger partial charge is 0.241 e. The number of carbonyl (C=O) groups is 1. The van der Waals surface area contributed by atoms with Crippen molar-refractivity contribution in [2.75, 3.05) is 44.4 Å². The third-order valence-electron chi connectivity index (χ3n) is 4.60. The minimum Gasteiger partial charge on any atom is -0.423 e. The molecule has 0 aromatic carbocycles. The maximum absolute atomic E-state index is 13.1. The molecule has 1 amide bonds. The molecular formula is C16H26N4O3S. The number of aromatic nitrogens is 2. The van der Waals surface area contributed by atoms with Crippen LogP contribution < -0.4 is 0 Å². The van der Waals surface area contributed by atoms with E-state index in [1.807, 2.05) is 37.4 Å². The fraction of sp³-hybridized carbons (Fsp3) is 0.812. The third-order valence-corrected chi connectivity index (χ3v) is 5.54. The summed E-state index contributed by atoms with van der Waals surface area (Å²) in [6.07, 6.45) is 0. The first-order chi connectivity index (χ1) is 11.6. The average molecular weight is 354 g/mol. The molecule has 0 radical (unpaired) electrons. The molecule has 1 aromatic heterocycles. The fourth-order valence-corrected chi connectivity index (χ4v) is 3.98. The van der Waals surface area contributed by atoms with Gasteiger partial charge in [-0.25, -0.2) is 0 Å². The van der Waals surface area contributed by atoms with Crippen molar-refractivity contribution in [3.63, 3.8) is 0 Å². The van der Waals surface area contributed by atoms with Crippen LogP contribution in [-0.4, -0.2) is 76.3 Å². The van der Waals surface area contributed by atoms with Crippen LogP contribution in [-0.2, 0) is 9.53 Å². The van der Waals surface area contributed by atoms with E-state index in [0.717, 1.165) is 24.6 Å². The molecule has 0 bridgehead atoms. The van der Waals surface area contributed by atoms with Crippen LogP contribution in [0.1, 0.15) is 44.5 Å². The van der Waals surface area contributed by atoms with E-state index in [0.29, 0.717) is 31.5 Å². The maximum atomic E-state index is 13.1. The molecule has 2 aliphatic rings. The topological polar surface area (TPSA) is 71.7 Å². The van der Waals surface area contributed by atoms with Crippen LogP contribution >= 0.6 is 11.8 Å². The third kappa shape index (κ3) is 3.75. The first-order valence-electron chi connectivity index (χ1n) is 8.61. The minimum absolute atomic E-state index is 0.125. The lowest BCUT2D eigenvalue weighted by Crippen LogP contribution is -2.53. The number of hydrogen-bond donors (Lipinski definition) is 0. The van der Waals surface area contributed by atoms with E-state index >= 15 is 0 Å². The summed E-state index contributed by atoms with van der Waals surface area (Å²) in [5.41, 5.74) is 0. The Labute approximate surface area is 147 Å². The van der Waals surface area contributed by atoms with Crippen LogP contribution in [0.4, 0.5) is 0 Å². The number of hydrogen-bond acceptors (Lipinski definition) is 7. The van der Waals surface area contributed by atoms with E-state index in [2.05, 4.69) is 15.1 Å². The highest BCUT2D eigenvalue weighted by Crippen LogP contribution is 2.26. The first-order valence-corrected chi connectivity index (χ1v) is 9.76. The van der Waals surface area contributed by atoms with Gasteiger partial charge < -0.3 is 14.1 Å². The van der Waals surface area contributed by atoms with Gasteiger partial charge in [-0.3, -0.25) is 9.69 Å². The van der Waals surface area contributed by atoms with Crippen LogP contribution in [0.15, 0.2) is 4.42 Å². The molecule has 134 valence electrons. The summed E-state index contributed by atoms with van der Waals surface area (Å²) in [6.45, 7) is 9.47. The molecule has 7 nitrogen and oxygen atoms in total. The van der Waals surface area contributed by atoms with Crippen LogP contribution in [0.2, 0.25) is 0 Å². The molecule has 1 aromatic rings. The Kier molecular flexibility index (Phi) is 5.78. The second kappa shape index (κ2) is 7.84. The monoisotopic (exact) mass is 354 g/mol. The van der Waals surface area contributed by atoms with Gasteiger partial charge in [-0.15, -0.1) is 10.2 Å². The molecule has 8 heteroatoms. The molecule has 0 saturated carbocycles. The van der Waals surface area contributed by atoms with Gasteiger partial charge in [-0.05, 0) is 6.92 Å². The van der Waals surface area contributed by atoms with Gasteiger partial charge in [0.2, 0.25) is 17.7 Å². The summed E-state index contributed by atoms with van der Waals surface area (Å²) in [4.78, 5) is 17.2. The highest BCUT2D eigenvalue weighted by atomic mass is 32.2. The minimum atomic E-state index is -0.284. The predicted molar refractivity (Wildman–Crippen MR) is 92.0 cm³/mol. The van der Waals surface area contributed by atoms with Gasteiger partial charge in [0.1, 0.15) is 6.04 Å². The van der Waals surface area contributed by atoms with Gasteiger partial charge in [0.15, 0.2) is 0 Å². The van der Waals surface area contributed by atoms with E-state index in [9.17, 15) is 4.79 Å². The van der Waals surface area contributed by atoms with E-state index in [-0.39, 0.29) is 23.9 Å². The number of morpholine rings is 1. The number of ether oxygens (including phenoxy) is 1. The maximum Gasteiger partial charge on any atom is 0.241 e.